The second-order valence-electron chi connectivity index (χ2n) is 5.46. The fourth-order valence-corrected chi connectivity index (χ4v) is 4.14. The first kappa shape index (κ1) is 18.7. The highest BCUT2D eigenvalue weighted by Gasteiger charge is 2.33. The van der Waals surface area contributed by atoms with Crippen molar-refractivity contribution in [1.82, 2.24) is 4.31 Å². The van der Waals surface area contributed by atoms with Gasteiger partial charge in [-0.25, -0.2) is 12.8 Å². The second-order valence-corrected chi connectivity index (χ2v) is 7.39. The Hall–Kier alpha value is -1.67. The minimum Gasteiger partial charge on any atom is -0.491 e. The number of hydrogen-bond acceptors (Lipinski definition) is 5. The summed E-state index contributed by atoms with van der Waals surface area (Å²) < 4.78 is 50.4. The van der Waals surface area contributed by atoms with Gasteiger partial charge in [-0.3, -0.25) is 4.79 Å². The molecule has 0 spiro atoms. The van der Waals surface area contributed by atoms with Gasteiger partial charge >= 0.3 is 5.97 Å². The number of halogens is 1. The molecular weight excluding hydrogens is 337 g/mol. The fourth-order valence-electron chi connectivity index (χ4n) is 2.65. The lowest BCUT2D eigenvalue weighted by Gasteiger charge is -2.30. The van der Waals surface area contributed by atoms with Crippen LogP contribution in [-0.2, 0) is 19.6 Å². The molecule has 24 heavy (non-hydrogen) atoms. The maximum absolute atomic E-state index is 13.6. The molecule has 0 atom stereocenters. The lowest BCUT2D eigenvalue weighted by molar-refractivity contribution is -0.149. The van der Waals surface area contributed by atoms with Gasteiger partial charge in [0.1, 0.15) is 0 Å². The normalized spacial score (nSPS) is 16.8. The molecule has 1 aromatic carbocycles. The average Bonchev–Trinajstić information content (AvgIpc) is 2.57. The Bertz CT molecular complexity index is 684. The Kier molecular flexibility index (Phi) is 6.17. The lowest BCUT2D eigenvalue weighted by atomic mass is 9.98. The quantitative estimate of drug-likeness (QED) is 0.728. The Morgan fingerprint density at radius 3 is 2.50 bits per heavy atom. The van der Waals surface area contributed by atoms with Gasteiger partial charge in [0, 0.05) is 19.2 Å². The summed E-state index contributed by atoms with van der Waals surface area (Å²) in [5.41, 5.74) is 0. The van der Waals surface area contributed by atoms with Crippen LogP contribution in [-0.4, -0.2) is 45.0 Å². The van der Waals surface area contributed by atoms with Crippen molar-refractivity contribution in [3.63, 3.8) is 0 Å². The highest BCUT2D eigenvalue weighted by atomic mass is 32.2. The number of sulfonamides is 1. The van der Waals surface area contributed by atoms with E-state index in [1.54, 1.807) is 13.8 Å². The van der Waals surface area contributed by atoms with Crippen LogP contribution in [0.25, 0.3) is 0 Å². The SMILES string of the molecule is CCOC(=O)C1CCN(S(=O)(=O)c2ccc(F)c(OCC)c2)CC1. The molecule has 134 valence electrons. The lowest BCUT2D eigenvalue weighted by Crippen LogP contribution is -2.40. The van der Waals surface area contributed by atoms with Crippen molar-refractivity contribution >= 4 is 16.0 Å². The molecule has 0 aliphatic carbocycles. The van der Waals surface area contributed by atoms with Crippen LogP contribution >= 0.6 is 0 Å². The summed E-state index contributed by atoms with van der Waals surface area (Å²) in [4.78, 5) is 11.7. The molecule has 6 nitrogen and oxygen atoms in total. The highest BCUT2D eigenvalue weighted by Crippen LogP contribution is 2.27. The zero-order valence-corrected chi connectivity index (χ0v) is 14.6. The van der Waals surface area contributed by atoms with Crippen LogP contribution in [0.3, 0.4) is 0 Å². The van der Waals surface area contributed by atoms with E-state index in [0.29, 0.717) is 19.4 Å². The van der Waals surface area contributed by atoms with Crippen molar-refractivity contribution < 1.29 is 27.1 Å². The Morgan fingerprint density at radius 1 is 1.25 bits per heavy atom. The zero-order valence-electron chi connectivity index (χ0n) is 13.8. The van der Waals surface area contributed by atoms with Gasteiger partial charge in [-0.1, -0.05) is 0 Å². The predicted octanol–water partition coefficient (Wildman–Crippen LogP) is 2.19. The van der Waals surface area contributed by atoms with E-state index in [0.717, 1.165) is 6.07 Å². The summed E-state index contributed by atoms with van der Waals surface area (Å²) in [7, 11) is -3.75. The first-order valence-electron chi connectivity index (χ1n) is 7.99. The fraction of sp³-hybridized carbons (Fsp3) is 0.562. The van der Waals surface area contributed by atoms with Crippen LogP contribution in [0.1, 0.15) is 26.7 Å². The molecule has 1 fully saturated rings. The van der Waals surface area contributed by atoms with Crippen molar-refractivity contribution in [2.45, 2.75) is 31.6 Å². The van der Waals surface area contributed by atoms with Crippen molar-refractivity contribution in [2.75, 3.05) is 26.3 Å². The van der Waals surface area contributed by atoms with Gasteiger partial charge < -0.3 is 9.47 Å². The second kappa shape index (κ2) is 7.94. The van der Waals surface area contributed by atoms with E-state index in [1.165, 1.54) is 16.4 Å². The molecule has 1 heterocycles. The van der Waals surface area contributed by atoms with Crippen molar-refractivity contribution in [3.05, 3.63) is 24.0 Å². The van der Waals surface area contributed by atoms with E-state index in [2.05, 4.69) is 0 Å². The molecule has 1 saturated heterocycles. The van der Waals surface area contributed by atoms with Crippen LogP contribution in [0.5, 0.6) is 5.75 Å². The summed E-state index contributed by atoms with van der Waals surface area (Å²) >= 11 is 0. The van der Waals surface area contributed by atoms with E-state index < -0.39 is 15.8 Å². The number of carbonyl (C=O) groups excluding carboxylic acids is 1. The van der Waals surface area contributed by atoms with Gasteiger partial charge in [-0.05, 0) is 38.8 Å². The van der Waals surface area contributed by atoms with E-state index in [-0.39, 0.29) is 42.2 Å². The van der Waals surface area contributed by atoms with Gasteiger partial charge in [-0.15, -0.1) is 0 Å². The maximum atomic E-state index is 13.6. The molecule has 8 heteroatoms. The molecule has 1 aromatic rings. The number of benzene rings is 1. The smallest absolute Gasteiger partial charge is 0.309 e. The monoisotopic (exact) mass is 359 g/mol. The molecule has 0 radical (unpaired) electrons. The standard InChI is InChI=1S/C16H22FNO5S/c1-3-22-15-11-13(5-6-14(15)17)24(20,21)18-9-7-12(8-10-18)16(19)23-4-2/h5-6,11-12H,3-4,7-10H2,1-2H3. The molecule has 2 rings (SSSR count). The molecular formula is C16H22FNO5S. The third-order valence-corrected chi connectivity index (χ3v) is 5.81. The number of esters is 1. The molecule has 1 aliphatic heterocycles. The Balaban J connectivity index is 2.12. The third kappa shape index (κ3) is 4.05. The number of nitrogens with zero attached hydrogens (tertiary/aromatic N) is 1. The first-order chi connectivity index (χ1) is 11.4. The Morgan fingerprint density at radius 2 is 1.92 bits per heavy atom. The van der Waals surface area contributed by atoms with Gasteiger partial charge in [0.15, 0.2) is 11.6 Å². The predicted molar refractivity (Wildman–Crippen MR) is 85.7 cm³/mol. The number of carbonyl (C=O) groups is 1. The topological polar surface area (TPSA) is 72.9 Å². The van der Waals surface area contributed by atoms with Crippen LogP contribution in [0.2, 0.25) is 0 Å². The van der Waals surface area contributed by atoms with Crippen LogP contribution in [0.15, 0.2) is 23.1 Å². The van der Waals surface area contributed by atoms with Crippen molar-refractivity contribution in [2.24, 2.45) is 5.92 Å². The van der Waals surface area contributed by atoms with Crippen LogP contribution in [0, 0.1) is 11.7 Å². The molecule has 0 N–H and O–H groups in total. The highest BCUT2D eigenvalue weighted by molar-refractivity contribution is 7.89. The van der Waals surface area contributed by atoms with E-state index in [9.17, 15) is 17.6 Å². The molecule has 0 saturated carbocycles. The molecule has 0 unspecified atom stereocenters. The van der Waals surface area contributed by atoms with Gasteiger partial charge in [0.05, 0.1) is 24.0 Å². The summed E-state index contributed by atoms with van der Waals surface area (Å²) in [6.45, 7) is 4.45. The molecule has 0 amide bonds. The summed E-state index contributed by atoms with van der Waals surface area (Å²) in [5, 5.41) is 0. The summed E-state index contributed by atoms with van der Waals surface area (Å²) in [6.07, 6.45) is 0.829. The van der Waals surface area contributed by atoms with Crippen molar-refractivity contribution in [1.29, 1.82) is 0 Å². The minimum absolute atomic E-state index is 0.0121. The number of ether oxygens (including phenoxy) is 2. The molecule has 0 bridgehead atoms. The minimum atomic E-state index is -3.75. The third-order valence-electron chi connectivity index (χ3n) is 3.91. The number of hydrogen-bond donors (Lipinski definition) is 0. The summed E-state index contributed by atoms with van der Waals surface area (Å²) in [5.74, 6) is -1.24. The van der Waals surface area contributed by atoms with Crippen LogP contribution in [0.4, 0.5) is 4.39 Å². The first-order valence-corrected chi connectivity index (χ1v) is 9.43. The Labute approximate surface area is 141 Å². The maximum Gasteiger partial charge on any atom is 0.309 e. The van der Waals surface area contributed by atoms with Gasteiger partial charge in [0.2, 0.25) is 10.0 Å². The number of rotatable bonds is 6. The van der Waals surface area contributed by atoms with Gasteiger partial charge in [-0.2, -0.15) is 4.31 Å². The number of piperidine rings is 1. The zero-order chi connectivity index (χ0) is 17.7. The summed E-state index contributed by atoms with van der Waals surface area (Å²) in [6, 6.07) is 3.51. The van der Waals surface area contributed by atoms with E-state index in [1.807, 2.05) is 0 Å². The van der Waals surface area contributed by atoms with E-state index >= 15 is 0 Å². The van der Waals surface area contributed by atoms with Gasteiger partial charge in [0.25, 0.3) is 0 Å². The van der Waals surface area contributed by atoms with Crippen molar-refractivity contribution in [3.8, 4) is 5.75 Å². The molecule has 0 aromatic heterocycles. The van der Waals surface area contributed by atoms with E-state index in [4.69, 9.17) is 9.47 Å². The largest absolute Gasteiger partial charge is 0.491 e. The molecule has 1 aliphatic rings. The average molecular weight is 359 g/mol. The van der Waals surface area contributed by atoms with Crippen LogP contribution < -0.4 is 4.74 Å².